The summed E-state index contributed by atoms with van der Waals surface area (Å²) in [5.41, 5.74) is 0.952. The SMILES string of the molecule is C=CCn1c(SC(C)C(=O)N2CCCCC2CC)nc2sc(C)c(C)c2c1=O. The highest BCUT2D eigenvalue weighted by Crippen LogP contribution is 2.31. The number of aryl methyl sites for hydroxylation is 2. The van der Waals surface area contributed by atoms with Gasteiger partial charge in [0.15, 0.2) is 5.16 Å². The van der Waals surface area contributed by atoms with Crippen molar-refractivity contribution < 1.29 is 4.79 Å². The second kappa shape index (κ2) is 8.82. The molecule has 3 rings (SSSR count). The van der Waals surface area contributed by atoms with Crippen molar-refractivity contribution >= 4 is 39.2 Å². The third-order valence-corrected chi connectivity index (χ3v) is 7.76. The van der Waals surface area contributed by atoms with Crippen LogP contribution in [-0.4, -0.2) is 38.2 Å². The second-order valence-corrected chi connectivity index (χ2v) is 9.92. The maximum Gasteiger partial charge on any atom is 0.263 e. The summed E-state index contributed by atoms with van der Waals surface area (Å²) in [5, 5.41) is 1.01. The average molecular weight is 420 g/mol. The number of thiophene rings is 1. The number of carbonyl (C=O) groups excluding carboxylic acids is 1. The van der Waals surface area contributed by atoms with Crippen LogP contribution in [0.4, 0.5) is 0 Å². The number of rotatable bonds is 6. The third-order valence-electron chi connectivity index (χ3n) is 5.58. The quantitative estimate of drug-likeness (QED) is 0.392. The fraction of sp³-hybridized carbons (Fsp3) is 0.571. The van der Waals surface area contributed by atoms with Crippen LogP contribution in [0, 0.1) is 13.8 Å². The third kappa shape index (κ3) is 3.92. The number of nitrogens with zero attached hydrogens (tertiary/aromatic N) is 3. The number of piperidine rings is 1. The van der Waals surface area contributed by atoms with E-state index in [0.717, 1.165) is 41.1 Å². The van der Waals surface area contributed by atoms with Crippen LogP contribution >= 0.6 is 23.1 Å². The number of hydrogen-bond acceptors (Lipinski definition) is 5. The van der Waals surface area contributed by atoms with E-state index in [1.165, 1.54) is 18.2 Å². The first kappa shape index (κ1) is 21.1. The molecule has 1 aliphatic heterocycles. The first-order valence-corrected chi connectivity index (χ1v) is 11.7. The van der Waals surface area contributed by atoms with Crippen LogP contribution in [0.2, 0.25) is 0 Å². The normalized spacial score (nSPS) is 18.4. The largest absolute Gasteiger partial charge is 0.339 e. The van der Waals surface area contributed by atoms with Crippen LogP contribution in [-0.2, 0) is 11.3 Å². The highest BCUT2D eigenvalue weighted by Gasteiger charge is 2.30. The van der Waals surface area contributed by atoms with Gasteiger partial charge >= 0.3 is 0 Å². The molecule has 2 unspecified atom stereocenters. The average Bonchev–Trinajstić information content (AvgIpc) is 2.97. The molecule has 152 valence electrons. The molecule has 0 N–H and O–H groups in total. The number of aromatic nitrogens is 2. The molecule has 5 nitrogen and oxygen atoms in total. The molecule has 2 aromatic heterocycles. The Balaban J connectivity index is 1.94. The molecule has 1 amide bonds. The van der Waals surface area contributed by atoms with E-state index in [9.17, 15) is 9.59 Å². The predicted molar refractivity (Wildman–Crippen MR) is 119 cm³/mol. The Morgan fingerprint density at radius 2 is 2.18 bits per heavy atom. The summed E-state index contributed by atoms with van der Waals surface area (Å²) >= 11 is 2.93. The van der Waals surface area contributed by atoms with Gasteiger partial charge in [0.25, 0.3) is 5.56 Å². The Kier molecular flexibility index (Phi) is 6.65. The van der Waals surface area contributed by atoms with Crippen LogP contribution < -0.4 is 5.56 Å². The Bertz CT molecular complexity index is 947. The van der Waals surface area contributed by atoms with E-state index < -0.39 is 0 Å². The van der Waals surface area contributed by atoms with E-state index in [1.807, 2.05) is 25.7 Å². The van der Waals surface area contributed by atoms with Crippen molar-refractivity contribution in [2.75, 3.05) is 6.54 Å². The first-order valence-electron chi connectivity index (χ1n) is 9.97. The summed E-state index contributed by atoms with van der Waals surface area (Å²) in [7, 11) is 0. The first-order chi connectivity index (χ1) is 13.4. The molecule has 0 saturated carbocycles. The van der Waals surface area contributed by atoms with Crippen molar-refractivity contribution in [2.24, 2.45) is 0 Å². The van der Waals surface area contributed by atoms with Gasteiger partial charge in [-0.05, 0) is 52.0 Å². The van der Waals surface area contributed by atoms with Crippen molar-refractivity contribution in [3.8, 4) is 0 Å². The molecule has 0 aliphatic carbocycles. The van der Waals surface area contributed by atoms with Gasteiger partial charge in [0.1, 0.15) is 4.83 Å². The lowest BCUT2D eigenvalue weighted by atomic mass is 10.00. The van der Waals surface area contributed by atoms with E-state index in [-0.39, 0.29) is 16.7 Å². The molecule has 0 bridgehead atoms. The molecule has 28 heavy (non-hydrogen) atoms. The van der Waals surface area contributed by atoms with Gasteiger partial charge in [-0.15, -0.1) is 17.9 Å². The van der Waals surface area contributed by atoms with Crippen molar-refractivity contribution in [1.29, 1.82) is 0 Å². The lowest BCUT2D eigenvalue weighted by Crippen LogP contribution is -2.46. The molecule has 7 heteroatoms. The monoisotopic (exact) mass is 419 g/mol. The zero-order chi connectivity index (χ0) is 20.4. The van der Waals surface area contributed by atoms with E-state index in [0.29, 0.717) is 23.1 Å². The molecule has 0 spiro atoms. The van der Waals surface area contributed by atoms with Gasteiger partial charge in [-0.25, -0.2) is 4.98 Å². The molecule has 3 heterocycles. The fourth-order valence-corrected chi connectivity index (χ4v) is 5.90. The topological polar surface area (TPSA) is 55.2 Å². The molecule has 1 fully saturated rings. The fourth-order valence-electron chi connectivity index (χ4n) is 3.85. The van der Waals surface area contributed by atoms with Gasteiger partial charge in [0.05, 0.1) is 10.6 Å². The van der Waals surface area contributed by atoms with Crippen LogP contribution in [0.3, 0.4) is 0 Å². The molecule has 0 aromatic carbocycles. The summed E-state index contributed by atoms with van der Waals surface area (Å²) in [6, 6.07) is 0.331. The number of hydrogen-bond donors (Lipinski definition) is 0. The minimum Gasteiger partial charge on any atom is -0.339 e. The van der Waals surface area contributed by atoms with E-state index in [2.05, 4.69) is 13.5 Å². The highest BCUT2D eigenvalue weighted by atomic mass is 32.2. The van der Waals surface area contributed by atoms with Crippen LogP contribution in [0.5, 0.6) is 0 Å². The zero-order valence-corrected chi connectivity index (χ0v) is 18.8. The molecular weight excluding hydrogens is 390 g/mol. The summed E-state index contributed by atoms with van der Waals surface area (Å²) in [5.74, 6) is 0.148. The number of thioether (sulfide) groups is 1. The lowest BCUT2D eigenvalue weighted by Gasteiger charge is -2.36. The van der Waals surface area contributed by atoms with Crippen molar-refractivity contribution in [3.63, 3.8) is 0 Å². The standard InChI is InChI=1S/C21H29N3O2S2/c1-6-11-24-20(26)17-13(3)14(4)27-18(17)22-21(24)28-15(5)19(25)23-12-9-8-10-16(23)7-2/h6,15-16H,1,7-12H2,2-5H3. The summed E-state index contributed by atoms with van der Waals surface area (Å²) in [6.45, 7) is 13.1. The predicted octanol–water partition coefficient (Wildman–Crippen LogP) is 4.53. The zero-order valence-electron chi connectivity index (χ0n) is 17.2. The highest BCUT2D eigenvalue weighted by molar-refractivity contribution is 8.00. The van der Waals surface area contributed by atoms with Crippen molar-refractivity contribution in [2.45, 2.75) is 76.4 Å². The minimum absolute atomic E-state index is 0.0432. The van der Waals surface area contributed by atoms with Crippen molar-refractivity contribution in [3.05, 3.63) is 33.4 Å². The minimum atomic E-state index is -0.283. The van der Waals surface area contributed by atoms with Crippen LogP contribution in [0.15, 0.2) is 22.6 Å². The summed E-state index contributed by atoms with van der Waals surface area (Å²) in [6.07, 6.45) is 6.04. The Labute approximate surface area is 174 Å². The smallest absolute Gasteiger partial charge is 0.263 e. The maximum absolute atomic E-state index is 13.1. The summed E-state index contributed by atoms with van der Waals surface area (Å²) < 4.78 is 1.65. The number of fused-ring (bicyclic) bond motifs is 1. The van der Waals surface area contributed by atoms with E-state index in [4.69, 9.17) is 4.98 Å². The van der Waals surface area contributed by atoms with Gasteiger partial charge in [0, 0.05) is 24.0 Å². The summed E-state index contributed by atoms with van der Waals surface area (Å²) in [4.78, 5) is 34.9. The van der Waals surface area contributed by atoms with Gasteiger partial charge in [-0.1, -0.05) is 24.8 Å². The van der Waals surface area contributed by atoms with Gasteiger partial charge in [0.2, 0.25) is 5.91 Å². The Morgan fingerprint density at radius 1 is 1.43 bits per heavy atom. The molecule has 2 atom stereocenters. The molecule has 1 aliphatic rings. The molecule has 2 aromatic rings. The second-order valence-electron chi connectivity index (χ2n) is 7.41. The number of allylic oxidation sites excluding steroid dienone is 1. The Morgan fingerprint density at radius 3 is 2.86 bits per heavy atom. The van der Waals surface area contributed by atoms with Crippen LogP contribution in [0.1, 0.15) is 50.0 Å². The number of likely N-dealkylation sites (tertiary alicyclic amines) is 1. The number of carbonyl (C=O) groups is 1. The van der Waals surface area contributed by atoms with Crippen LogP contribution in [0.25, 0.3) is 10.2 Å². The maximum atomic E-state index is 13.1. The number of amides is 1. The van der Waals surface area contributed by atoms with Gasteiger partial charge < -0.3 is 4.90 Å². The molecule has 1 saturated heterocycles. The molecule has 0 radical (unpaired) electrons. The van der Waals surface area contributed by atoms with E-state index in [1.54, 1.807) is 22.0 Å². The molecular formula is C21H29N3O2S2. The van der Waals surface area contributed by atoms with Gasteiger partial charge in [-0.2, -0.15) is 0 Å². The lowest BCUT2D eigenvalue weighted by molar-refractivity contribution is -0.134. The van der Waals surface area contributed by atoms with Crippen molar-refractivity contribution in [1.82, 2.24) is 14.5 Å². The Hall–Kier alpha value is -1.60. The van der Waals surface area contributed by atoms with Gasteiger partial charge in [-0.3, -0.25) is 14.2 Å². The van der Waals surface area contributed by atoms with E-state index >= 15 is 0 Å².